The van der Waals surface area contributed by atoms with Gasteiger partial charge in [0.25, 0.3) is 5.91 Å². The van der Waals surface area contributed by atoms with E-state index in [1.807, 2.05) is 37.4 Å². The highest BCUT2D eigenvalue weighted by Gasteiger charge is 2.13. The van der Waals surface area contributed by atoms with Crippen LogP contribution in [0.2, 0.25) is 0 Å². The third kappa shape index (κ3) is 5.87. The molecule has 1 rings (SSSR count). The number of amides is 1. The van der Waals surface area contributed by atoms with Crippen molar-refractivity contribution in [1.82, 2.24) is 4.90 Å². The molecule has 1 amide bonds. The fourth-order valence-corrected chi connectivity index (χ4v) is 2.01. The van der Waals surface area contributed by atoms with Crippen molar-refractivity contribution in [1.29, 1.82) is 5.41 Å². The van der Waals surface area contributed by atoms with Gasteiger partial charge in [-0.15, -0.1) is 0 Å². The van der Waals surface area contributed by atoms with E-state index in [-0.39, 0.29) is 11.7 Å². The number of nitrogens with two attached hydrogens (primary N) is 1. The number of thioether (sulfide) groups is 1. The summed E-state index contributed by atoms with van der Waals surface area (Å²) in [5.74, 6) is 0.656. The lowest BCUT2D eigenvalue weighted by Crippen LogP contribution is -2.36. The first-order chi connectivity index (χ1) is 10.1. The Morgan fingerprint density at radius 3 is 2.57 bits per heavy atom. The highest BCUT2D eigenvalue weighted by Crippen LogP contribution is 2.06. The first-order valence-corrected chi connectivity index (χ1v) is 8.00. The molecule has 0 aliphatic heterocycles. The number of benzene rings is 1. The molecule has 0 saturated carbocycles. The molecular formula is C16H21N3OS. The standard InChI is InChI=1S/C16H21N3OS/c1-13-3-5-14(6-4-13)7-8-16(20)19(11-12-21-2)15(18)9-10-17/h3-10,18H,11-12,17H2,1-2H3/b8-7+,10-9-,18-15?. The largest absolute Gasteiger partial charge is 0.404 e. The molecule has 0 radical (unpaired) electrons. The summed E-state index contributed by atoms with van der Waals surface area (Å²) in [5.41, 5.74) is 7.43. The van der Waals surface area contributed by atoms with E-state index in [0.717, 1.165) is 11.3 Å². The number of carbonyl (C=O) groups excluding carboxylic acids is 1. The molecule has 0 fully saturated rings. The van der Waals surface area contributed by atoms with Crippen LogP contribution < -0.4 is 5.73 Å². The predicted octanol–water partition coefficient (Wildman–Crippen LogP) is 2.65. The quantitative estimate of drug-likeness (QED) is 0.482. The van der Waals surface area contributed by atoms with Crippen LogP contribution in [-0.4, -0.2) is 35.2 Å². The zero-order valence-corrected chi connectivity index (χ0v) is 13.2. The number of rotatable bonds is 6. The van der Waals surface area contributed by atoms with Crippen LogP contribution in [-0.2, 0) is 4.79 Å². The summed E-state index contributed by atoms with van der Waals surface area (Å²) >= 11 is 1.63. The van der Waals surface area contributed by atoms with Crippen molar-refractivity contribution in [2.45, 2.75) is 6.92 Å². The molecule has 0 unspecified atom stereocenters. The molecule has 0 heterocycles. The molecule has 1 aromatic carbocycles. The average Bonchev–Trinajstić information content (AvgIpc) is 2.47. The van der Waals surface area contributed by atoms with Gasteiger partial charge < -0.3 is 5.73 Å². The Balaban J connectivity index is 2.79. The van der Waals surface area contributed by atoms with E-state index in [2.05, 4.69) is 0 Å². The summed E-state index contributed by atoms with van der Waals surface area (Å²) in [6.45, 7) is 2.50. The van der Waals surface area contributed by atoms with Gasteiger partial charge in [-0.25, -0.2) is 0 Å². The van der Waals surface area contributed by atoms with Crippen molar-refractivity contribution in [2.75, 3.05) is 18.6 Å². The van der Waals surface area contributed by atoms with E-state index in [1.54, 1.807) is 17.8 Å². The monoisotopic (exact) mass is 303 g/mol. The smallest absolute Gasteiger partial charge is 0.252 e. The minimum Gasteiger partial charge on any atom is -0.404 e. The molecule has 0 aromatic heterocycles. The van der Waals surface area contributed by atoms with Crippen LogP contribution in [0.15, 0.2) is 42.6 Å². The lowest BCUT2D eigenvalue weighted by atomic mass is 10.1. The Kier molecular flexibility index (Phi) is 7.32. The fraction of sp³-hybridized carbons (Fsp3) is 0.250. The van der Waals surface area contributed by atoms with Gasteiger partial charge in [-0.1, -0.05) is 29.8 Å². The van der Waals surface area contributed by atoms with Crippen molar-refractivity contribution in [2.24, 2.45) is 5.73 Å². The zero-order valence-electron chi connectivity index (χ0n) is 12.4. The van der Waals surface area contributed by atoms with Crippen LogP contribution in [0.1, 0.15) is 11.1 Å². The number of amidine groups is 1. The number of nitrogens with zero attached hydrogens (tertiary/aromatic N) is 1. The van der Waals surface area contributed by atoms with Crippen LogP contribution in [0.3, 0.4) is 0 Å². The molecule has 0 spiro atoms. The van der Waals surface area contributed by atoms with Gasteiger partial charge >= 0.3 is 0 Å². The number of aryl methyl sites for hydroxylation is 1. The number of hydrogen-bond acceptors (Lipinski definition) is 4. The summed E-state index contributed by atoms with van der Waals surface area (Å²) in [4.78, 5) is 13.6. The molecule has 1 aromatic rings. The van der Waals surface area contributed by atoms with Crippen molar-refractivity contribution >= 4 is 29.6 Å². The second-order valence-electron chi connectivity index (χ2n) is 4.47. The first-order valence-electron chi connectivity index (χ1n) is 6.60. The first kappa shape index (κ1) is 17.0. The van der Waals surface area contributed by atoms with Gasteiger partial charge in [0.2, 0.25) is 0 Å². The van der Waals surface area contributed by atoms with E-state index in [0.29, 0.717) is 6.54 Å². The van der Waals surface area contributed by atoms with Gasteiger partial charge in [-0.05, 0) is 37.1 Å². The minimum atomic E-state index is -0.215. The van der Waals surface area contributed by atoms with Crippen LogP contribution in [0, 0.1) is 12.3 Å². The topological polar surface area (TPSA) is 70.2 Å². The molecule has 0 bridgehead atoms. The molecule has 0 atom stereocenters. The Morgan fingerprint density at radius 2 is 2.00 bits per heavy atom. The van der Waals surface area contributed by atoms with E-state index < -0.39 is 0 Å². The van der Waals surface area contributed by atoms with Crippen molar-refractivity contribution < 1.29 is 4.79 Å². The molecule has 5 heteroatoms. The van der Waals surface area contributed by atoms with Crippen LogP contribution in [0.4, 0.5) is 0 Å². The van der Waals surface area contributed by atoms with Crippen LogP contribution in [0.5, 0.6) is 0 Å². The predicted molar refractivity (Wildman–Crippen MR) is 91.4 cm³/mol. The van der Waals surface area contributed by atoms with Gasteiger partial charge in [0.15, 0.2) is 0 Å². The fourth-order valence-electron chi connectivity index (χ4n) is 1.65. The number of hydrogen-bond donors (Lipinski definition) is 2. The molecule has 0 saturated heterocycles. The van der Waals surface area contributed by atoms with E-state index in [4.69, 9.17) is 11.1 Å². The van der Waals surface area contributed by atoms with Crippen molar-refractivity contribution in [3.05, 3.63) is 53.7 Å². The van der Waals surface area contributed by atoms with Gasteiger partial charge in [0.1, 0.15) is 5.84 Å². The molecular weight excluding hydrogens is 282 g/mol. The molecule has 21 heavy (non-hydrogen) atoms. The Morgan fingerprint density at radius 1 is 1.33 bits per heavy atom. The highest BCUT2D eigenvalue weighted by molar-refractivity contribution is 7.98. The SMILES string of the molecule is CSCCN(C(=N)/C=C\N)C(=O)/C=C/c1ccc(C)cc1. The molecule has 4 nitrogen and oxygen atoms in total. The number of nitrogens with one attached hydrogen (secondary N) is 1. The van der Waals surface area contributed by atoms with E-state index in [1.165, 1.54) is 28.8 Å². The molecule has 0 aliphatic carbocycles. The Hall–Kier alpha value is -2.01. The van der Waals surface area contributed by atoms with Gasteiger partial charge in [-0.2, -0.15) is 11.8 Å². The summed E-state index contributed by atoms with van der Waals surface area (Å²) in [6.07, 6.45) is 7.90. The summed E-state index contributed by atoms with van der Waals surface area (Å²) < 4.78 is 0. The zero-order chi connectivity index (χ0) is 15.7. The summed E-state index contributed by atoms with van der Waals surface area (Å²) in [7, 11) is 0. The second-order valence-corrected chi connectivity index (χ2v) is 5.46. The maximum atomic E-state index is 12.2. The van der Waals surface area contributed by atoms with E-state index >= 15 is 0 Å². The summed E-state index contributed by atoms with van der Waals surface area (Å²) in [5, 5.41) is 7.86. The third-order valence-corrected chi connectivity index (χ3v) is 3.42. The molecule has 3 N–H and O–H groups in total. The maximum absolute atomic E-state index is 12.2. The Bertz CT molecular complexity index is 535. The van der Waals surface area contributed by atoms with Gasteiger partial charge in [0, 0.05) is 18.4 Å². The second kappa shape index (κ2) is 9.02. The van der Waals surface area contributed by atoms with Crippen LogP contribution >= 0.6 is 11.8 Å². The molecule has 112 valence electrons. The lowest BCUT2D eigenvalue weighted by Gasteiger charge is -2.19. The minimum absolute atomic E-state index is 0.102. The Labute approximate surface area is 130 Å². The lowest BCUT2D eigenvalue weighted by molar-refractivity contribution is -0.122. The summed E-state index contributed by atoms with van der Waals surface area (Å²) in [6, 6.07) is 7.90. The number of carbonyl (C=O) groups is 1. The van der Waals surface area contributed by atoms with Crippen molar-refractivity contribution in [3.8, 4) is 0 Å². The van der Waals surface area contributed by atoms with Crippen molar-refractivity contribution in [3.63, 3.8) is 0 Å². The van der Waals surface area contributed by atoms with Gasteiger partial charge in [-0.3, -0.25) is 15.1 Å². The average molecular weight is 303 g/mol. The normalized spacial score (nSPS) is 11.1. The van der Waals surface area contributed by atoms with Crippen LogP contribution in [0.25, 0.3) is 6.08 Å². The van der Waals surface area contributed by atoms with E-state index in [9.17, 15) is 4.79 Å². The molecule has 0 aliphatic rings. The maximum Gasteiger partial charge on any atom is 0.252 e. The third-order valence-electron chi connectivity index (χ3n) is 2.83. The van der Waals surface area contributed by atoms with Gasteiger partial charge in [0.05, 0.1) is 0 Å². The highest BCUT2D eigenvalue weighted by atomic mass is 32.2.